The molecule has 0 aromatic heterocycles. The average molecular weight is 490 g/mol. The first-order chi connectivity index (χ1) is 16.7. The van der Waals surface area contributed by atoms with Crippen molar-refractivity contribution >= 4 is 8.25 Å². The maximum Gasteiger partial charge on any atom is 0.697 e. The van der Waals surface area contributed by atoms with Crippen LogP contribution in [0.3, 0.4) is 0 Å². The zero-order chi connectivity index (χ0) is 24.3. The fraction of sp³-hybridized carbons (Fsp3) is 0.571. The highest BCUT2D eigenvalue weighted by Gasteiger charge is 2.26. The molecule has 0 aliphatic heterocycles. The van der Waals surface area contributed by atoms with E-state index in [9.17, 15) is 4.57 Å². The maximum absolute atomic E-state index is 12.6. The standard InChI is InChI=1S/C28H42O5P/c29-21-13-3-1-7-19-27(25-15-9-5-10-16-25)23-32-34(31)33-24-28(20-8-2-4-14-22-30)26-17-11-6-12-18-26/h5-6,9-12,15-18,27-30H,1-4,7-8,13-14,19-24H2/q+1. The first-order valence-corrected chi connectivity index (χ1v) is 13.9. The molecule has 0 aliphatic rings. The minimum atomic E-state index is -2.19. The second kappa shape index (κ2) is 18.7. The van der Waals surface area contributed by atoms with E-state index in [0.717, 1.165) is 64.2 Å². The van der Waals surface area contributed by atoms with Crippen molar-refractivity contribution in [2.75, 3.05) is 26.4 Å². The third-order valence-electron chi connectivity index (χ3n) is 6.23. The molecule has 0 radical (unpaired) electrons. The Morgan fingerprint density at radius 1 is 0.588 bits per heavy atom. The number of benzene rings is 2. The molecule has 0 amide bonds. The van der Waals surface area contributed by atoms with E-state index in [2.05, 4.69) is 24.3 Å². The molecule has 2 rings (SSSR count). The molecule has 0 saturated carbocycles. The molecule has 0 heterocycles. The Balaban J connectivity index is 1.83. The summed E-state index contributed by atoms with van der Waals surface area (Å²) in [5.74, 6) is 0.351. The van der Waals surface area contributed by atoms with E-state index >= 15 is 0 Å². The van der Waals surface area contributed by atoms with Gasteiger partial charge in [0.05, 0.1) is 0 Å². The van der Waals surface area contributed by atoms with Gasteiger partial charge in [-0.1, -0.05) is 99.2 Å². The molecule has 0 spiro atoms. The second-order valence-corrected chi connectivity index (χ2v) is 9.85. The Hall–Kier alpha value is -1.62. The van der Waals surface area contributed by atoms with Gasteiger partial charge < -0.3 is 10.2 Å². The zero-order valence-electron chi connectivity index (χ0n) is 20.4. The lowest BCUT2D eigenvalue weighted by molar-refractivity contribution is 0.199. The summed E-state index contributed by atoms with van der Waals surface area (Å²) >= 11 is 0. The first-order valence-electron chi connectivity index (χ1n) is 12.8. The molecule has 0 aliphatic carbocycles. The van der Waals surface area contributed by atoms with Crippen LogP contribution in [-0.4, -0.2) is 36.6 Å². The van der Waals surface area contributed by atoms with Crippen molar-refractivity contribution in [2.45, 2.75) is 76.0 Å². The van der Waals surface area contributed by atoms with Crippen LogP contribution in [0.5, 0.6) is 0 Å². The minimum Gasteiger partial charge on any atom is -0.396 e. The summed E-state index contributed by atoms with van der Waals surface area (Å²) in [7, 11) is -2.19. The molecule has 5 nitrogen and oxygen atoms in total. The lowest BCUT2D eigenvalue weighted by Crippen LogP contribution is -2.08. The summed E-state index contributed by atoms with van der Waals surface area (Å²) in [5.41, 5.74) is 2.39. The predicted molar refractivity (Wildman–Crippen MR) is 138 cm³/mol. The van der Waals surface area contributed by atoms with Gasteiger partial charge in [-0.25, -0.2) is 0 Å². The summed E-state index contributed by atoms with van der Waals surface area (Å²) in [6.07, 6.45) is 9.89. The maximum atomic E-state index is 12.6. The lowest BCUT2D eigenvalue weighted by Gasteiger charge is -2.15. The summed E-state index contributed by atoms with van der Waals surface area (Å²) in [6, 6.07) is 20.5. The van der Waals surface area contributed by atoms with E-state index in [-0.39, 0.29) is 25.0 Å². The smallest absolute Gasteiger partial charge is 0.396 e. The SMILES string of the molecule is O=[P+](OCC(CCCCCCO)c1ccccc1)OCC(CCCCCCO)c1ccccc1. The van der Waals surface area contributed by atoms with E-state index in [0.29, 0.717) is 13.2 Å². The van der Waals surface area contributed by atoms with Crippen molar-refractivity contribution < 1.29 is 23.8 Å². The third kappa shape index (κ3) is 12.2. The third-order valence-corrected chi connectivity index (χ3v) is 6.95. The molecule has 34 heavy (non-hydrogen) atoms. The van der Waals surface area contributed by atoms with Crippen LogP contribution in [0, 0.1) is 0 Å². The van der Waals surface area contributed by atoms with Crippen LogP contribution in [0.1, 0.15) is 87.2 Å². The highest BCUT2D eigenvalue weighted by Crippen LogP contribution is 2.33. The monoisotopic (exact) mass is 489 g/mol. The Morgan fingerprint density at radius 2 is 0.971 bits per heavy atom. The molecule has 2 aromatic carbocycles. The molecule has 2 atom stereocenters. The van der Waals surface area contributed by atoms with Crippen LogP contribution < -0.4 is 0 Å². The van der Waals surface area contributed by atoms with Crippen LogP contribution in [-0.2, 0) is 13.6 Å². The number of hydrogen-bond acceptors (Lipinski definition) is 5. The van der Waals surface area contributed by atoms with Gasteiger partial charge in [-0.3, -0.25) is 0 Å². The average Bonchev–Trinajstić information content (AvgIpc) is 2.88. The molecule has 0 saturated heterocycles. The van der Waals surface area contributed by atoms with Gasteiger partial charge in [-0.05, 0) is 36.8 Å². The zero-order valence-corrected chi connectivity index (χ0v) is 21.3. The minimum absolute atomic E-state index is 0.175. The van der Waals surface area contributed by atoms with E-state index < -0.39 is 8.25 Å². The van der Waals surface area contributed by atoms with Crippen LogP contribution >= 0.6 is 8.25 Å². The molecule has 6 heteroatoms. The molecule has 2 unspecified atom stereocenters. The number of unbranched alkanes of at least 4 members (excludes halogenated alkanes) is 6. The Morgan fingerprint density at radius 3 is 1.35 bits per heavy atom. The number of aliphatic hydroxyl groups excluding tert-OH is 2. The predicted octanol–water partition coefficient (Wildman–Crippen LogP) is 7.13. The molecule has 0 bridgehead atoms. The van der Waals surface area contributed by atoms with Crippen molar-refractivity contribution in [2.24, 2.45) is 0 Å². The lowest BCUT2D eigenvalue weighted by atomic mass is 9.94. The van der Waals surface area contributed by atoms with E-state index in [4.69, 9.17) is 19.3 Å². The Labute approximate surface area is 206 Å². The number of rotatable bonds is 20. The number of aliphatic hydroxyl groups is 2. The van der Waals surface area contributed by atoms with Crippen LogP contribution in [0.25, 0.3) is 0 Å². The van der Waals surface area contributed by atoms with Crippen LogP contribution in [0.4, 0.5) is 0 Å². The normalized spacial score (nSPS) is 13.5. The largest absolute Gasteiger partial charge is 0.697 e. The first kappa shape index (κ1) is 28.6. The van der Waals surface area contributed by atoms with E-state index in [1.807, 2.05) is 36.4 Å². The fourth-order valence-corrected chi connectivity index (χ4v) is 4.87. The van der Waals surface area contributed by atoms with E-state index in [1.165, 1.54) is 11.1 Å². The van der Waals surface area contributed by atoms with Gasteiger partial charge in [0, 0.05) is 29.6 Å². The van der Waals surface area contributed by atoms with Crippen molar-refractivity contribution in [3.8, 4) is 0 Å². The second-order valence-electron chi connectivity index (χ2n) is 8.88. The van der Waals surface area contributed by atoms with Gasteiger partial charge in [0.2, 0.25) is 0 Å². The molecule has 2 aromatic rings. The van der Waals surface area contributed by atoms with Gasteiger partial charge in [0.1, 0.15) is 13.2 Å². The van der Waals surface area contributed by atoms with Crippen molar-refractivity contribution in [1.29, 1.82) is 0 Å². The quantitative estimate of drug-likeness (QED) is 0.153. The number of hydrogen-bond donors (Lipinski definition) is 2. The molecular weight excluding hydrogens is 447 g/mol. The van der Waals surface area contributed by atoms with Crippen molar-refractivity contribution in [1.82, 2.24) is 0 Å². The van der Waals surface area contributed by atoms with Gasteiger partial charge in [-0.15, -0.1) is 9.05 Å². The molecular formula is C28H42O5P+. The van der Waals surface area contributed by atoms with E-state index in [1.54, 1.807) is 0 Å². The molecule has 188 valence electrons. The van der Waals surface area contributed by atoms with Crippen molar-refractivity contribution in [3.63, 3.8) is 0 Å². The van der Waals surface area contributed by atoms with Gasteiger partial charge in [0.25, 0.3) is 0 Å². The fourth-order valence-electron chi connectivity index (χ4n) is 4.19. The van der Waals surface area contributed by atoms with Crippen molar-refractivity contribution in [3.05, 3.63) is 71.8 Å². The molecule has 0 fully saturated rings. The summed E-state index contributed by atoms with van der Waals surface area (Å²) in [6.45, 7) is 1.23. The summed E-state index contributed by atoms with van der Waals surface area (Å²) in [5, 5.41) is 17.9. The van der Waals surface area contributed by atoms with Gasteiger partial charge in [0.15, 0.2) is 0 Å². The summed E-state index contributed by atoms with van der Waals surface area (Å²) < 4.78 is 24.0. The Kier molecular flexibility index (Phi) is 15.7. The highest BCUT2D eigenvalue weighted by atomic mass is 31.1. The molecule has 2 N–H and O–H groups in total. The van der Waals surface area contributed by atoms with Gasteiger partial charge >= 0.3 is 8.25 Å². The Bertz CT molecular complexity index is 692. The summed E-state index contributed by atoms with van der Waals surface area (Å²) in [4.78, 5) is 0. The van der Waals surface area contributed by atoms with Gasteiger partial charge in [-0.2, -0.15) is 0 Å². The van der Waals surface area contributed by atoms with Crippen LogP contribution in [0.2, 0.25) is 0 Å². The highest BCUT2D eigenvalue weighted by molar-refractivity contribution is 7.33. The van der Waals surface area contributed by atoms with Crippen LogP contribution in [0.15, 0.2) is 60.7 Å². The topological polar surface area (TPSA) is 76.0 Å².